The summed E-state index contributed by atoms with van der Waals surface area (Å²) >= 11 is 2.01. The summed E-state index contributed by atoms with van der Waals surface area (Å²) in [5.74, 6) is 1.00. The normalized spacial score (nSPS) is 11.8. The molecule has 160 valence electrons. The lowest BCUT2D eigenvalue weighted by Gasteiger charge is -2.15. The first-order valence-electron chi connectivity index (χ1n) is 7.75. The Bertz CT molecular complexity index is 969. The third-order valence-electron chi connectivity index (χ3n) is 3.41. The number of carbonyl (C=O) groups excluding carboxylic acids is 1. The van der Waals surface area contributed by atoms with E-state index in [0.717, 1.165) is 11.8 Å². The molecule has 1 aromatic carbocycles. The van der Waals surface area contributed by atoms with E-state index in [1.54, 1.807) is 6.26 Å². The second-order valence-corrected chi connectivity index (χ2v) is 7.31. The largest absolute Gasteiger partial charge is 0.416 e. The maximum absolute atomic E-state index is 12.9. The SMILES string of the molecule is C#Cc1c(SC)nc(N)nc1SCC(=O)Nc1cc(C(F)(F)F)cc(C(F)(F)F)c1. The van der Waals surface area contributed by atoms with E-state index in [-0.39, 0.29) is 22.6 Å². The predicted molar refractivity (Wildman–Crippen MR) is 102 cm³/mol. The maximum Gasteiger partial charge on any atom is 0.416 e. The summed E-state index contributed by atoms with van der Waals surface area (Å²) in [4.78, 5) is 20.0. The molecule has 0 aliphatic heterocycles. The number of amides is 1. The number of thioether (sulfide) groups is 2. The van der Waals surface area contributed by atoms with Crippen molar-refractivity contribution in [2.45, 2.75) is 22.4 Å². The van der Waals surface area contributed by atoms with Crippen LogP contribution in [0.5, 0.6) is 0 Å². The smallest absolute Gasteiger partial charge is 0.368 e. The van der Waals surface area contributed by atoms with Gasteiger partial charge in [0.05, 0.1) is 22.4 Å². The highest BCUT2D eigenvalue weighted by Crippen LogP contribution is 2.37. The van der Waals surface area contributed by atoms with Crippen LogP contribution in [0.25, 0.3) is 0 Å². The molecule has 0 spiro atoms. The summed E-state index contributed by atoms with van der Waals surface area (Å²) in [6.45, 7) is 0. The fourth-order valence-corrected chi connectivity index (χ4v) is 3.58. The molecular formula is C17H12F6N4OS2. The van der Waals surface area contributed by atoms with E-state index in [2.05, 4.69) is 15.9 Å². The Morgan fingerprint density at radius 2 is 1.63 bits per heavy atom. The quantitative estimate of drug-likeness (QED) is 0.292. The summed E-state index contributed by atoms with van der Waals surface area (Å²) in [5.41, 5.74) is 2.12. The molecule has 1 aromatic heterocycles. The molecule has 0 atom stereocenters. The van der Waals surface area contributed by atoms with Gasteiger partial charge in [-0.05, 0) is 24.5 Å². The highest BCUT2D eigenvalue weighted by atomic mass is 32.2. The van der Waals surface area contributed by atoms with Gasteiger partial charge >= 0.3 is 12.4 Å². The molecule has 2 aromatic rings. The molecule has 5 nitrogen and oxygen atoms in total. The van der Waals surface area contributed by atoms with E-state index in [4.69, 9.17) is 12.2 Å². The van der Waals surface area contributed by atoms with Crippen molar-refractivity contribution in [1.29, 1.82) is 0 Å². The molecule has 0 unspecified atom stereocenters. The number of nitrogens with one attached hydrogen (secondary N) is 1. The van der Waals surface area contributed by atoms with Crippen molar-refractivity contribution in [2.24, 2.45) is 0 Å². The molecule has 0 aliphatic carbocycles. The molecule has 0 bridgehead atoms. The van der Waals surface area contributed by atoms with E-state index in [1.165, 1.54) is 11.8 Å². The summed E-state index contributed by atoms with van der Waals surface area (Å²) < 4.78 is 77.4. The number of nitrogens with two attached hydrogens (primary N) is 1. The molecule has 0 fully saturated rings. The molecular weight excluding hydrogens is 454 g/mol. The van der Waals surface area contributed by atoms with Crippen molar-refractivity contribution in [3.63, 3.8) is 0 Å². The summed E-state index contributed by atoms with van der Waals surface area (Å²) in [5, 5.41) is 2.60. The van der Waals surface area contributed by atoms with Crippen LogP contribution in [0.1, 0.15) is 16.7 Å². The van der Waals surface area contributed by atoms with Gasteiger partial charge in [-0.15, -0.1) is 18.2 Å². The number of benzene rings is 1. The van der Waals surface area contributed by atoms with Gasteiger partial charge in [-0.1, -0.05) is 17.7 Å². The number of alkyl halides is 6. The zero-order valence-electron chi connectivity index (χ0n) is 15.0. The number of hydrogen-bond donors (Lipinski definition) is 2. The van der Waals surface area contributed by atoms with Crippen LogP contribution in [0, 0.1) is 12.3 Å². The van der Waals surface area contributed by atoms with E-state index >= 15 is 0 Å². The molecule has 1 heterocycles. The fourth-order valence-electron chi connectivity index (χ4n) is 2.17. The number of terminal acetylenes is 1. The van der Waals surface area contributed by atoms with E-state index < -0.39 is 40.8 Å². The van der Waals surface area contributed by atoms with Crippen molar-refractivity contribution in [1.82, 2.24) is 9.97 Å². The van der Waals surface area contributed by atoms with Gasteiger partial charge in [-0.25, -0.2) is 9.97 Å². The Morgan fingerprint density at radius 3 is 2.10 bits per heavy atom. The Kier molecular flexibility index (Phi) is 7.14. The number of rotatable bonds is 5. The van der Waals surface area contributed by atoms with Crippen LogP contribution in [0.3, 0.4) is 0 Å². The third-order valence-corrected chi connectivity index (χ3v) is 5.07. The lowest BCUT2D eigenvalue weighted by atomic mass is 10.1. The zero-order chi connectivity index (χ0) is 22.7. The molecule has 0 saturated carbocycles. The van der Waals surface area contributed by atoms with E-state index in [0.29, 0.717) is 17.2 Å². The van der Waals surface area contributed by atoms with Crippen LogP contribution >= 0.6 is 23.5 Å². The Labute approximate surface area is 175 Å². The van der Waals surface area contributed by atoms with Gasteiger partial charge in [0.2, 0.25) is 11.9 Å². The topological polar surface area (TPSA) is 80.9 Å². The average Bonchev–Trinajstić information content (AvgIpc) is 2.64. The van der Waals surface area contributed by atoms with Crippen LogP contribution < -0.4 is 11.1 Å². The first-order chi connectivity index (χ1) is 13.8. The van der Waals surface area contributed by atoms with Gasteiger partial charge in [0.15, 0.2) is 0 Å². The molecule has 1 amide bonds. The average molecular weight is 466 g/mol. The van der Waals surface area contributed by atoms with Gasteiger partial charge in [0, 0.05) is 5.69 Å². The van der Waals surface area contributed by atoms with Crippen molar-refractivity contribution in [3.8, 4) is 12.3 Å². The van der Waals surface area contributed by atoms with Gasteiger partial charge in [0.25, 0.3) is 0 Å². The Balaban J connectivity index is 2.24. The molecule has 30 heavy (non-hydrogen) atoms. The summed E-state index contributed by atoms with van der Waals surface area (Å²) in [6, 6.07) is 0.801. The standard InChI is InChI=1S/C17H12F6N4OS2/c1-3-11-13(29-2)26-15(24)27-14(11)30-7-12(28)25-10-5-8(16(18,19)20)4-9(6-10)17(21,22)23/h1,4-6H,7H2,2H3,(H,25,28)(H2,24,26,27). The van der Waals surface area contributed by atoms with Crippen LogP contribution in [-0.2, 0) is 17.1 Å². The van der Waals surface area contributed by atoms with Gasteiger partial charge < -0.3 is 11.1 Å². The highest BCUT2D eigenvalue weighted by molar-refractivity contribution is 8.00. The van der Waals surface area contributed by atoms with Crippen LogP contribution in [-0.4, -0.2) is 27.9 Å². The van der Waals surface area contributed by atoms with Crippen LogP contribution in [0.4, 0.5) is 38.0 Å². The monoisotopic (exact) mass is 466 g/mol. The van der Waals surface area contributed by atoms with Crippen molar-refractivity contribution < 1.29 is 31.1 Å². The summed E-state index contributed by atoms with van der Waals surface area (Å²) in [6.07, 6.45) is -2.95. The molecule has 3 N–H and O–H groups in total. The van der Waals surface area contributed by atoms with Gasteiger partial charge in [0.1, 0.15) is 10.1 Å². The van der Waals surface area contributed by atoms with Crippen molar-refractivity contribution in [3.05, 3.63) is 34.9 Å². The van der Waals surface area contributed by atoms with Crippen LogP contribution in [0.2, 0.25) is 0 Å². The second-order valence-electron chi connectivity index (χ2n) is 5.55. The molecule has 0 radical (unpaired) electrons. The molecule has 13 heteroatoms. The van der Waals surface area contributed by atoms with Crippen molar-refractivity contribution >= 4 is 41.1 Å². The zero-order valence-corrected chi connectivity index (χ0v) is 16.6. The maximum atomic E-state index is 12.9. The van der Waals surface area contributed by atoms with Crippen molar-refractivity contribution in [2.75, 3.05) is 23.1 Å². The van der Waals surface area contributed by atoms with Crippen LogP contribution in [0.15, 0.2) is 28.3 Å². The van der Waals surface area contributed by atoms with Gasteiger partial charge in [-0.3, -0.25) is 4.79 Å². The number of halogens is 6. The number of nitrogen functional groups attached to an aromatic ring is 1. The number of aromatic nitrogens is 2. The lowest BCUT2D eigenvalue weighted by Crippen LogP contribution is -2.17. The second kappa shape index (κ2) is 9.05. The molecule has 0 saturated heterocycles. The van der Waals surface area contributed by atoms with Gasteiger partial charge in [-0.2, -0.15) is 26.3 Å². The number of hydrogen-bond acceptors (Lipinski definition) is 6. The van der Waals surface area contributed by atoms with E-state index in [1.807, 2.05) is 5.32 Å². The lowest BCUT2D eigenvalue weighted by molar-refractivity contribution is -0.143. The first-order valence-corrected chi connectivity index (χ1v) is 9.96. The Morgan fingerprint density at radius 1 is 1.10 bits per heavy atom. The Hall–Kier alpha value is -2.59. The minimum atomic E-state index is -5.02. The third kappa shape index (κ3) is 5.96. The fraction of sp³-hybridized carbons (Fsp3) is 0.235. The number of nitrogens with zero attached hydrogens (tertiary/aromatic N) is 2. The number of anilines is 2. The predicted octanol–water partition coefficient (Wildman–Crippen LogP) is 4.53. The molecule has 2 rings (SSSR count). The minimum absolute atomic E-state index is 0.0305. The summed E-state index contributed by atoms with van der Waals surface area (Å²) in [7, 11) is 0. The minimum Gasteiger partial charge on any atom is -0.368 e. The number of carbonyl (C=O) groups is 1. The van der Waals surface area contributed by atoms with E-state index in [9.17, 15) is 31.1 Å². The first kappa shape index (κ1) is 23.7. The molecule has 0 aliphatic rings. The highest BCUT2D eigenvalue weighted by Gasteiger charge is 2.37.